The molecule has 0 aliphatic carbocycles. The number of rotatable bonds is 4. The average molecular weight is 214 g/mol. The molecule has 1 aliphatic rings. The summed E-state index contributed by atoms with van der Waals surface area (Å²) in [5.74, 6) is 0.533. The molecule has 1 N–H and O–H groups in total. The van der Waals surface area contributed by atoms with Gasteiger partial charge in [-0.1, -0.05) is 0 Å². The maximum atomic E-state index is 11.8. The van der Waals surface area contributed by atoms with Gasteiger partial charge in [-0.3, -0.25) is 9.69 Å². The van der Waals surface area contributed by atoms with Crippen LogP contribution >= 0.6 is 0 Å². The van der Waals surface area contributed by atoms with Crippen molar-refractivity contribution in [3.8, 4) is 0 Å². The van der Waals surface area contributed by atoms with Crippen LogP contribution in [0.4, 0.5) is 0 Å². The van der Waals surface area contributed by atoms with E-state index in [0.29, 0.717) is 12.5 Å². The molecular formula is C11H22N2O2. The highest BCUT2D eigenvalue weighted by Gasteiger charge is 2.24. The quantitative estimate of drug-likeness (QED) is 0.725. The van der Waals surface area contributed by atoms with Gasteiger partial charge < -0.3 is 10.0 Å². The maximum absolute atomic E-state index is 11.8. The summed E-state index contributed by atoms with van der Waals surface area (Å²) in [7, 11) is 1.84. The van der Waals surface area contributed by atoms with Crippen LogP contribution in [0.3, 0.4) is 0 Å². The first-order valence-electron chi connectivity index (χ1n) is 5.63. The zero-order valence-electron chi connectivity index (χ0n) is 9.94. The van der Waals surface area contributed by atoms with Crippen LogP contribution in [0.25, 0.3) is 0 Å². The van der Waals surface area contributed by atoms with Gasteiger partial charge >= 0.3 is 0 Å². The SMILES string of the molecule is CC(C)N(C)C(=O)CN1CCC(CO)C1. The molecule has 15 heavy (non-hydrogen) atoms. The lowest BCUT2D eigenvalue weighted by atomic mass is 10.1. The Labute approximate surface area is 91.9 Å². The van der Waals surface area contributed by atoms with Crippen molar-refractivity contribution < 1.29 is 9.90 Å². The Kier molecular flexibility index (Phi) is 4.54. The maximum Gasteiger partial charge on any atom is 0.236 e. The van der Waals surface area contributed by atoms with Gasteiger partial charge in [-0.25, -0.2) is 0 Å². The lowest BCUT2D eigenvalue weighted by Gasteiger charge is -2.24. The zero-order valence-corrected chi connectivity index (χ0v) is 9.94. The van der Waals surface area contributed by atoms with E-state index in [-0.39, 0.29) is 18.6 Å². The molecule has 1 fully saturated rings. The third-order valence-electron chi connectivity index (χ3n) is 3.16. The monoisotopic (exact) mass is 214 g/mol. The fraction of sp³-hybridized carbons (Fsp3) is 0.909. The minimum absolute atomic E-state index is 0.170. The van der Waals surface area contributed by atoms with E-state index in [0.717, 1.165) is 19.5 Å². The van der Waals surface area contributed by atoms with E-state index in [2.05, 4.69) is 4.90 Å². The van der Waals surface area contributed by atoms with Gasteiger partial charge in [-0.05, 0) is 32.7 Å². The first kappa shape index (κ1) is 12.5. The Morgan fingerprint density at radius 1 is 1.60 bits per heavy atom. The molecule has 0 bridgehead atoms. The fourth-order valence-corrected chi connectivity index (χ4v) is 1.80. The first-order valence-corrected chi connectivity index (χ1v) is 5.63. The van der Waals surface area contributed by atoms with Crippen molar-refractivity contribution in [1.82, 2.24) is 9.80 Å². The van der Waals surface area contributed by atoms with E-state index in [1.165, 1.54) is 0 Å². The highest BCUT2D eigenvalue weighted by atomic mass is 16.3. The van der Waals surface area contributed by atoms with Crippen LogP contribution in [0.15, 0.2) is 0 Å². The van der Waals surface area contributed by atoms with Crippen LogP contribution in [0.5, 0.6) is 0 Å². The van der Waals surface area contributed by atoms with Gasteiger partial charge in [0, 0.05) is 26.2 Å². The number of likely N-dealkylation sites (N-methyl/N-ethyl adjacent to an activating group) is 1. The van der Waals surface area contributed by atoms with Crippen LogP contribution in [-0.2, 0) is 4.79 Å². The Bertz CT molecular complexity index is 219. The predicted octanol–water partition coefficient (Wildman–Crippen LogP) is 0.167. The Hall–Kier alpha value is -0.610. The number of amides is 1. The molecule has 1 aliphatic heterocycles. The molecule has 1 unspecified atom stereocenters. The molecule has 0 spiro atoms. The van der Waals surface area contributed by atoms with Crippen LogP contribution in [0.2, 0.25) is 0 Å². The van der Waals surface area contributed by atoms with Crippen molar-refractivity contribution in [3.05, 3.63) is 0 Å². The summed E-state index contributed by atoms with van der Waals surface area (Å²) in [6, 6.07) is 0.258. The van der Waals surface area contributed by atoms with Crippen LogP contribution in [0, 0.1) is 5.92 Å². The van der Waals surface area contributed by atoms with E-state index in [9.17, 15) is 4.79 Å². The minimum Gasteiger partial charge on any atom is -0.396 e. The molecule has 1 rings (SSSR count). The standard InChI is InChI=1S/C11H22N2O2/c1-9(2)12(3)11(15)7-13-5-4-10(6-13)8-14/h9-10,14H,4-8H2,1-3H3. The molecule has 1 saturated heterocycles. The van der Waals surface area contributed by atoms with Crippen LogP contribution in [0.1, 0.15) is 20.3 Å². The molecule has 0 aromatic heterocycles. The lowest BCUT2D eigenvalue weighted by Crippen LogP contribution is -2.40. The molecule has 4 nitrogen and oxygen atoms in total. The summed E-state index contributed by atoms with van der Waals surface area (Å²) in [5, 5.41) is 8.99. The molecule has 1 amide bonds. The van der Waals surface area contributed by atoms with Crippen molar-refractivity contribution in [1.29, 1.82) is 0 Å². The Morgan fingerprint density at radius 3 is 2.73 bits per heavy atom. The van der Waals surface area contributed by atoms with Gasteiger partial charge in [0.05, 0.1) is 6.54 Å². The number of likely N-dealkylation sites (tertiary alicyclic amines) is 1. The normalized spacial score (nSPS) is 22.3. The topological polar surface area (TPSA) is 43.8 Å². The Morgan fingerprint density at radius 2 is 2.27 bits per heavy atom. The van der Waals surface area contributed by atoms with E-state index >= 15 is 0 Å². The van der Waals surface area contributed by atoms with Gasteiger partial charge in [0.2, 0.25) is 5.91 Å². The zero-order chi connectivity index (χ0) is 11.4. The predicted molar refractivity (Wildman–Crippen MR) is 59.5 cm³/mol. The second-order valence-corrected chi connectivity index (χ2v) is 4.67. The van der Waals surface area contributed by atoms with Crippen molar-refractivity contribution >= 4 is 5.91 Å². The average Bonchev–Trinajstić information content (AvgIpc) is 2.64. The molecule has 0 aromatic carbocycles. The van der Waals surface area contributed by atoms with Gasteiger partial charge in [0.1, 0.15) is 0 Å². The summed E-state index contributed by atoms with van der Waals surface area (Å²) in [5.41, 5.74) is 0. The van der Waals surface area contributed by atoms with Gasteiger partial charge in [0.25, 0.3) is 0 Å². The molecule has 1 heterocycles. The fourth-order valence-electron chi connectivity index (χ4n) is 1.80. The highest BCUT2D eigenvalue weighted by molar-refractivity contribution is 5.78. The Balaban J connectivity index is 2.33. The van der Waals surface area contributed by atoms with E-state index in [1.807, 2.05) is 20.9 Å². The number of aliphatic hydroxyl groups is 1. The number of nitrogens with zero attached hydrogens (tertiary/aromatic N) is 2. The molecule has 88 valence electrons. The number of hydrogen-bond donors (Lipinski definition) is 1. The van der Waals surface area contributed by atoms with Crippen molar-refractivity contribution in [3.63, 3.8) is 0 Å². The van der Waals surface area contributed by atoms with Crippen molar-refractivity contribution in [2.24, 2.45) is 5.92 Å². The molecular weight excluding hydrogens is 192 g/mol. The van der Waals surface area contributed by atoms with Gasteiger partial charge in [-0.15, -0.1) is 0 Å². The first-order chi connectivity index (χ1) is 7.04. The lowest BCUT2D eigenvalue weighted by molar-refractivity contribution is -0.132. The smallest absolute Gasteiger partial charge is 0.236 e. The number of carbonyl (C=O) groups is 1. The summed E-state index contributed by atoms with van der Waals surface area (Å²) in [4.78, 5) is 15.7. The second kappa shape index (κ2) is 5.47. The summed E-state index contributed by atoms with van der Waals surface area (Å²) >= 11 is 0. The minimum atomic E-state index is 0.170. The van der Waals surface area contributed by atoms with Crippen molar-refractivity contribution in [2.45, 2.75) is 26.3 Å². The van der Waals surface area contributed by atoms with E-state index in [1.54, 1.807) is 4.90 Å². The van der Waals surface area contributed by atoms with Crippen LogP contribution < -0.4 is 0 Å². The highest BCUT2D eigenvalue weighted by Crippen LogP contribution is 2.15. The number of hydrogen-bond acceptors (Lipinski definition) is 3. The van der Waals surface area contributed by atoms with Gasteiger partial charge in [0.15, 0.2) is 0 Å². The van der Waals surface area contributed by atoms with Crippen LogP contribution in [-0.4, -0.2) is 60.1 Å². The molecule has 4 heteroatoms. The summed E-state index contributed by atoms with van der Waals surface area (Å²) in [6.07, 6.45) is 1.01. The molecule has 1 atom stereocenters. The third-order valence-corrected chi connectivity index (χ3v) is 3.16. The van der Waals surface area contributed by atoms with E-state index < -0.39 is 0 Å². The second-order valence-electron chi connectivity index (χ2n) is 4.67. The number of aliphatic hydroxyl groups excluding tert-OH is 1. The number of carbonyl (C=O) groups excluding carboxylic acids is 1. The summed E-state index contributed by atoms with van der Waals surface area (Å²) in [6.45, 7) is 6.55. The molecule has 0 saturated carbocycles. The third kappa shape index (κ3) is 3.47. The summed E-state index contributed by atoms with van der Waals surface area (Å²) < 4.78 is 0. The van der Waals surface area contributed by atoms with Gasteiger partial charge in [-0.2, -0.15) is 0 Å². The molecule has 0 aromatic rings. The molecule has 0 radical (unpaired) electrons. The van der Waals surface area contributed by atoms with Crippen molar-refractivity contribution in [2.75, 3.05) is 33.3 Å². The van der Waals surface area contributed by atoms with E-state index in [4.69, 9.17) is 5.11 Å². The largest absolute Gasteiger partial charge is 0.396 e.